The van der Waals surface area contributed by atoms with Crippen LogP contribution in [0, 0.1) is 0 Å². The fourth-order valence-corrected chi connectivity index (χ4v) is 4.70. The van der Waals surface area contributed by atoms with E-state index < -0.39 is 17.3 Å². The van der Waals surface area contributed by atoms with E-state index in [1.807, 2.05) is 91.1 Å². The summed E-state index contributed by atoms with van der Waals surface area (Å²) in [5, 5.41) is 12.7. The van der Waals surface area contributed by atoms with Crippen molar-refractivity contribution in [3.63, 3.8) is 0 Å². The molecule has 0 aliphatic carbocycles. The van der Waals surface area contributed by atoms with Crippen LogP contribution in [0.4, 0.5) is 16.2 Å². The standard InChI is InChI=1S/C31H36N2O5/c1-30(2,3)37-27(35)17-19-8-14-23-24-15-11-21(32-29(36)38-31(4,5)6)18-26(24)33(7)28(25(23)16-19)20-9-12-22(34)13-10-20/h8-16,18,28,34H,17H2,1-7H3,(H,32,36). The van der Waals surface area contributed by atoms with Gasteiger partial charge >= 0.3 is 12.1 Å². The fourth-order valence-electron chi connectivity index (χ4n) is 4.70. The van der Waals surface area contributed by atoms with Crippen molar-refractivity contribution < 1.29 is 24.2 Å². The van der Waals surface area contributed by atoms with Crippen LogP contribution in [-0.4, -0.2) is 35.4 Å². The van der Waals surface area contributed by atoms with Gasteiger partial charge in [0.1, 0.15) is 17.0 Å². The average Bonchev–Trinajstić information content (AvgIpc) is 2.78. The molecular weight excluding hydrogens is 480 g/mol. The maximum absolute atomic E-state index is 12.6. The van der Waals surface area contributed by atoms with Crippen molar-refractivity contribution in [2.75, 3.05) is 17.3 Å². The van der Waals surface area contributed by atoms with Crippen molar-refractivity contribution in [2.45, 2.75) is 65.2 Å². The molecule has 7 heteroatoms. The monoisotopic (exact) mass is 516 g/mol. The van der Waals surface area contributed by atoms with Gasteiger partial charge in [0, 0.05) is 24.0 Å². The molecule has 1 amide bonds. The lowest BCUT2D eigenvalue weighted by atomic mass is 9.84. The quantitative estimate of drug-likeness (QED) is 0.370. The lowest BCUT2D eigenvalue weighted by Gasteiger charge is -2.38. The van der Waals surface area contributed by atoms with E-state index in [1.165, 1.54) is 0 Å². The molecular formula is C31H36N2O5. The first-order chi connectivity index (χ1) is 17.7. The lowest BCUT2D eigenvalue weighted by molar-refractivity contribution is -0.153. The number of esters is 1. The molecule has 200 valence electrons. The van der Waals surface area contributed by atoms with Gasteiger partial charge in [-0.25, -0.2) is 4.79 Å². The molecule has 0 aromatic heterocycles. The van der Waals surface area contributed by atoms with Crippen molar-refractivity contribution in [3.8, 4) is 16.9 Å². The van der Waals surface area contributed by atoms with Crippen LogP contribution in [-0.2, 0) is 20.7 Å². The largest absolute Gasteiger partial charge is 0.508 e. The number of carbonyl (C=O) groups is 2. The van der Waals surface area contributed by atoms with Crippen molar-refractivity contribution in [1.82, 2.24) is 0 Å². The maximum Gasteiger partial charge on any atom is 0.412 e. The first-order valence-electron chi connectivity index (χ1n) is 12.7. The second-order valence-electron chi connectivity index (χ2n) is 11.6. The van der Waals surface area contributed by atoms with Crippen molar-refractivity contribution in [2.24, 2.45) is 0 Å². The summed E-state index contributed by atoms with van der Waals surface area (Å²) < 4.78 is 11.0. The minimum absolute atomic E-state index is 0.169. The van der Waals surface area contributed by atoms with Crippen LogP contribution in [0.25, 0.3) is 11.1 Å². The van der Waals surface area contributed by atoms with Crippen LogP contribution in [0.3, 0.4) is 0 Å². The molecule has 4 rings (SSSR count). The van der Waals surface area contributed by atoms with Gasteiger partial charge in [-0.3, -0.25) is 10.1 Å². The Labute approximate surface area is 224 Å². The number of aromatic hydroxyl groups is 1. The lowest BCUT2D eigenvalue weighted by Crippen LogP contribution is -2.30. The molecule has 1 aliphatic heterocycles. The second-order valence-corrected chi connectivity index (χ2v) is 11.6. The number of benzene rings is 3. The molecule has 38 heavy (non-hydrogen) atoms. The van der Waals surface area contributed by atoms with Crippen molar-refractivity contribution in [3.05, 3.63) is 77.4 Å². The molecule has 2 N–H and O–H groups in total. The molecule has 3 aromatic rings. The Morgan fingerprint density at radius 2 is 1.50 bits per heavy atom. The Morgan fingerprint density at radius 3 is 2.13 bits per heavy atom. The van der Waals surface area contributed by atoms with Gasteiger partial charge < -0.3 is 19.5 Å². The molecule has 0 bridgehead atoms. The van der Waals surface area contributed by atoms with Crippen LogP contribution in [0.5, 0.6) is 5.75 Å². The van der Waals surface area contributed by atoms with Crippen LogP contribution in [0.2, 0.25) is 0 Å². The molecule has 0 radical (unpaired) electrons. The number of hydrogen-bond donors (Lipinski definition) is 2. The van der Waals surface area contributed by atoms with Crippen molar-refractivity contribution >= 4 is 23.4 Å². The fraction of sp³-hybridized carbons (Fsp3) is 0.355. The number of carbonyl (C=O) groups excluding carboxylic acids is 2. The molecule has 1 unspecified atom stereocenters. The van der Waals surface area contributed by atoms with Crippen molar-refractivity contribution in [1.29, 1.82) is 0 Å². The first kappa shape index (κ1) is 27.0. The Balaban J connectivity index is 1.75. The summed E-state index contributed by atoms with van der Waals surface area (Å²) in [5.74, 6) is -0.0867. The Hall–Kier alpha value is -4.00. The summed E-state index contributed by atoms with van der Waals surface area (Å²) >= 11 is 0. The minimum Gasteiger partial charge on any atom is -0.508 e. The van der Waals surface area contributed by atoms with Gasteiger partial charge in [0.05, 0.1) is 12.5 Å². The van der Waals surface area contributed by atoms with Gasteiger partial charge in [0.25, 0.3) is 0 Å². The zero-order chi connectivity index (χ0) is 27.8. The van der Waals surface area contributed by atoms with E-state index in [9.17, 15) is 14.7 Å². The normalized spacial score (nSPS) is 14.8. The van der Waals surface area contributed by atoms with E-state index in [0.717, 1.165) is 33.5 Å². The zero-order valence-corrected chi connectivity index (χ0v) is 23.1. The Morgan fingerprint density at radius 1 is 0.868 bits per heavy atom. The molecule has 1 atom stereocenters. The summed E-state index contributed by atoms with van der Waals surface area (Å²) in [6.07, 6.45) is -0.347. The highest BCUT2D eigenvalue weighted by atomic mass is 16.6. The Bertz CT molecular complexity index is 1350. The number of phenols is 1. The van der Waals surface area contributed by atoms with Crippen LogP contribution in [0.15, 0.2) is 60.7 Å². The number of amides is 1. The summed E-state index contributed by atoms with van der Waals surface area (Å²) in [5.41, 5.74) is 5.34. The molecule has 0 saturated heterocycles. The van der Waals surface area contributed by atoms with E-state index in [4.69, 9.17) is 9.47 Å². The van der Waals surface area contributed by atoms with Gasteiger partial charge in [-0.2, -0.15) is 0 Å². The maximum atomic E-state index is 12.6. The van der Waals surface area contributed by atoms with Gasteiger partial charge in [0.2, 0.25) is 0 Å². The van der Waals surface area contributed by atoms with Crippen LogP contribution in [0.1, 0.15) is 64.3 Å². The number of nitrogens with one attached hydrogen (secondary N) is 1. The number of nitrogens with zero attached hydrogens (tertiary/aromatic N) is 1. The SMILES string of the molecule is CN1c2cc(NC(=O)OC(C)(C)C)ccc2-c2ccc(CC(=O)OC(C)(C)C)cc2C1c1ccc(O)cc1. The molecule has 0 saturated carbocycles. The van der Waals surface area contributed by atoms with E-state index >= 15 is 0 Å². The van der Waals surface area contributed by atoms with Gasteiger partial charge in [0.15, 0.2) is 0 Å². The predicted molar refractivity (Wildman–Crippen MR) is 150 cm³/mol. The molecule has 7 nitrogen and oxygen atoms in total. The number of rotatable bonds is 4. The molecule has 0 spiro atoms. The molecule has 1 heterocycles. The number of ether oxygens (including phenoxy) is 2. The highest BCUT2D eigenvalue weighted by Gasteiger charge is 2.31. The first-order valence-corrected chi connectivity index (χ1v) is 12.7. The third-order valence-corrected chi connectivity index (χ3v) is 6.09. The summed E-state index contributed by atoms with van der Waals surface area (Å²) in [7, 11) is 2.00. The van der Waals surface area contributed by atoms with Gasteiger partial charge in [-0.1, -0.05) is 36.4 Å². The zero-order valence-electron chi connectivity index (χ0n) is 23.1. The summed E-state index contributed by atoms with van der Waals surface area (Å²) in [6, 6.07) is 18.8. The minimum atomic E-state index is -0.602. The number of anilines is 2. The van der Waals surface area contributed by atoms with E-state index in [2.05, 4.69) is 16.3 Å². The number of fused-ring (bicyclic) bond motifs is 3. The highest BCUT2D eigenvalue weighted by molar-refractivity contribution is 5.91. The Kier molecular flexibility index (Phi) is 7.15. The van der Waals surface area contributed by atoms with E-state index in [-0.39, 0.29) is 24.2 Å². The third-order valence-electron chi connectivity index (χ3n) is 6.09. The second kappa shape index (κ2) is 10.0. The third kappa shape index (κ3) is 6.28. The van der Waals surface area contributed by atoms with Crippen LogP contribution >= 0.6 is 0 Å². The van der Waals surface area contributed by atoms with E-state index in [1.54, 1.807) is 12.1 Å². The summed E-state index contributed by atoms with van der Waals surface area (Å²) in [6.45, 7) is 11.0. The van der Waals surface area contributed by atoms with E-state index in [0.29, 0.717) is 5.69 Å². The molecule has 3 aromatic carbocycles. The topological polar surface area (TPSA) is 88.1 Å². The highest BCUT2D eigenvalue weighted by Crippen LogP contribution is 2.47. The average molecular weight is 517 g/mol. The predicted octanol–water partition coefficient (Wildman–Crippen LogP) is 6.83. The van der Waals surface area contributed by atoms with Gasteiger partial charge in [-0.05, 0) is 88.1 Å². The number of phenolic OH excluding ortho intramolecular Hbond substituents is 1. The summed E-state index contributed by atoms with van der Waals surface area (Å²) in [4.78, 5) is 27.1. The smallest absolute Gasteiger partial charge is 0.412 e. The van der Waals surface area contributed by atoms with Crippen LogP contribution < -0.4 is 10.2 Å². The number of hydrogen-bond acceptors (Lipinski definition) is 6. The molecule has 0 fully saturated rings. The molecule has 1 aliphatic rings. The van der Waals surface area contributed by atoms with Gasteiger partial charge in [-0.15, -0.1) is 0 Å².